The van der Waals surface area contributed by atoms with Crippen molar-refractivity contribution >= 4 is 11.8 Å². The summed E-state index contributed by atoms with van der Waals surface area (Å²) in [5, 5.41) is 2.93. The van der Waals surface area contributed by atoms with Crippen LogP contribution in [-0.2, 0) is 9.59 Å². The van der Waals surface area contributed by atoms with Crippen molar-refractivity contribution in [2.24, 2.45) is 0 Å². The Morgan fingerprint density at radius 1 is 1.23 bits per heavy atom. The van der Waals surface area contributed by atoms with E-state index in [1.807, 2.05) is 47.2 Å². The van der Waals surface area contributed by atoms with Crippen molar-refractivity contribution < 1.29 is 14.3 Å². The van der Waals surface area contributed by atoms with Crippen molar-refractivity contribution in [3.05, 3.63) is 30.3 Å². The van der Waals surface area contributed by atoms with Crippen LogP contribution in [0.4, 0.5) is 0 Å². The average molecular weight is 361 g/mol. The van der Waals surface area contributed by atoms with Gasteiger partial charge in [0.25, 0.3) is 0 Å². The molecule has 1 aromatic rings. The molecule has 1 fully saturated rings. The van der Waals surface area contributed by atoms with Crippen molar-refractivity contribution in [1.82, 2.24) is 15.1 Å². The number of hydrogen-bond acceptors (Lipinski definition) is 4. The number of para-hydroxylation sites is 1. The van der Waals surface area contributed by atoms with E-state index in [0.717, 1.165) is 44.5 Å². The Kier molecular flexibility index (Phi) is 8.96. The number of nitrogens with one attached hydrogen (secondary N) is 1. The second kappa shape index (κ2) is 11.5. The van der Waals surface area contributed by atoms with Gasteiger partial charge in [-0.15, -0.1) is 0 Å². The first kappa shape index (κ1) is 20.2. The van der Waals surface area contributed by atoms with Crippen LogP contribution in [0.2, 0.25) is 0 Å². The summed E-state index contributed by atoms with van der Waals surface area (Å²) >= 11 is 0. The fraction of sp³-hybridized carbons (Fsp3) is 0.600. The van der Waals surface area contributed by atoms with Crippen molar-refractivity contribution in [3.63, 3.8) is 0 Å². The molecular formula is C20H31N3O3. The molecule has 26 heavy (non-hydrogen) atoms. The van der Waals surface area contributed by atoms with Crippen LogP contribution in [-0.4, -0.2) is 68.0 Å². The number of carbonyl (C=O) groups excluding carboxylic acids is 2. The van der Waals surface area contributed by atoms with Gasteiger partial charge < -0.3 is 15.0 Å². The number of likely N-dealkylation sites (N-methyl/N-ethyl adjacent to an activating group) is 1. The molecule has 1 saturated heterocycles. The van der Waals surface area contributed by atoms with Crippen LogP contribution in [0.3, 0.4) is 0 Å². The SMILES string of the molecule is CN(CCOc1ccccc1)CC(=O)NCCCN1CCCCCC1=O. The lowest BCUT2D eigenvalue weighted by Gasteiger charge is -2.20. The third-order valence-corrected chi connectivity index (χ3v) is 4.50. The minimum Gasteiger partial charge on any atom is -0.492 e. The zero-order chi connectivity index (χ0) is 18.6. The zero-order valence-electron chi connectivity index (χ0n) is 15.8. The monoisotopic (exact) mass is 361 g/mol. The van der Waals surface area contributed by atoms with E-state index in [4.69, 9.17) is 4.74 Å². The maximum Gasteiger partial charge on any atom is 0.234 e. The standard InChI is InChI=1S/C20H31N3O3/c1-22(15-16-26-18-9-4-2-5-10-18)17-19(24)21-12-8-14-23-13-7-3-6-11-20(23)25/h2,4-5,9-10H,3,6-8,11-17H2,1H3,(H,21,24). The highest BCUT2D eigenvalue weighted by Crippen LogP contribution is 2.11. The zero-order valence-corrected chi connectivity index (χ0v) is 15.8. The lowest BCUT2D eigenvalue weighted by Crippen LogP contribution is -2.38. The molecule has 0 radical (unpaired) electrons. The van der Waals surface area contributed by atoms with Gasteiger partial charge >= 0.3 is 0 Å². The minimum absolute atomic E-state index is 0.00871. The summed E-state index contributed by atoms with van der Waals surface area (Å²) < 4.78 is 5.63. The van der Waals surface area contributed by atoms with Crippen LogP contribution >= 0.6 is 0 Å². The highest BCUT2D eigenvalue weighted by Gasteiger charge is 2.15. The van der Waals surface area contributed by atoms with Crippen LogP contribution in [0.15, 0.2) is 30.3 Å². The topological polar surface area (TPSA) is 61.9 Å². The molecule has 0 unspecified atom stereocenters. The minimum atomic E-state index is 0.00871. The van der Waals surface area contributed by atoms with Gasteiger partial charge in [0.15, 0.2) is 0 Å². The molecule has 0 atom stereocenters. The Hall–Kier alpha value is -2.08. The van der Waals surface area contributed by atoms with Gasteiger partial charge in [-0.1, -0.05) is 24.6 Å². The number of amides is 2. The first-order valence-electron chi connectivity index (χ1n) is 9.56. The molecule has 1 N–H and O–H groups in total. The smallest absolute Gasteiger partial charge is 0.234 e. The third kappa shape index (κ3) is 7.87. The number of hydrogen-bond donors (Lipinski definition) is 1. The largest absolute Gasteiger partial charge is 0.492 e. The van der Waals surface area contributed by atoms with Crippen molar-refractivity contribution in [2.45, 2.75) is 32.1 Å². The summed E-state index contributed by atoms with van der Waals surface area (Å²) in [6.45, 7) is 3.78. The Morgan fingerprint density at radius 2 is 2.04 bits per heavy atom. The first-order valence-corrected chi connectivity index (χ1v) is 9.56. The number of likely N-dealkylation sites (tertiary alicyclic amines) is 1. The molecule has 2 rings (SSSR count). The summed E-state index contributed by atoms with van der Waals surface area (Å²) in [5.74, 6) is 1.11. The van der Waals surface area contributed by atoms with E-state index in [0.29, 0.717) is 32.7 Å². The fourth-order valence-electron chi connectivity index (χ4n) is 2.99. The van der Waals surface area contributed by atoms with Crippen LogP contribution in [0.1, 0.15) is 32.1 Å². The molecule has 144 valence electrons. The number of carbonyl (C=O) groups is 2. The van der Waals surface area contributed by atoms with Gasteiger partial charge in [-0.25, -0.2) is 0 Å². The number of rotatable bonds is 10. The van der Waals surface area contributed by atoms with Crippen LogP contribution in [0.5, 0.6) is 5.75 Å². The van der Waals surface area contributed by atoms with E-state index >= 15 is 0 Å². The van der Waals surface area contributed by atoms with E-state index in [9.17, 15) is 9.59 Å². The van der Waals surface area contributed by atoms with Crippen molar-refractivity contribution in [3.8, 4) is 5.75 Å². The quantitative estimate of drug-likeness (QED) is 0.647. The highest BCUT2D eigenvalue weighted by atomic mass is 16.5. The Morgan fingerprint density at radius 3 is 2.85 bits per heavy atom. The van der Waals surface area contributed by atoms with E-state index in [1.54, 1.807) is 0 Å². The molecule has 2 amide bonds. The number of benzene rings is 1. The third-order valence-electron chi connectivity index (χ3n) is 4.50. The van der Waals surface area contributed by atoms with Crippen LogP contribution in [0, 0.1) is 0 Å². The second-order valence-electron chi connectivity index (χ2n) is 6.79. The Bertz CT molecular complexity index is 550. The number of nitrogens with zero attached hydrogens (tertiary/aromatic N) is 2. The lowest BCUT2D eigenvalue weighted by molar-refractivity contribution is -0.130. The molecule has 1 aromatic carbocycles. The van der Waals surface area contributed by atoms with E-state index in [1.165, 1.54) is 0 Å². The maximum absolute atomic E-state index is 12.0. The first-order chi connectivity index (χ1) is 12.6. The van der Waals surface area contributed by atoms with Crippen LogP contribution in [0.25, 0.3) is 0 Å². The van der Waals surface area contributed by atoms with Gasteiger partial charge in [0.2, 0.25) is 11.8 Å². The molecule has 6 heteroatoms. The predicted octanol–water partition coefficient (Wildman–Crippen LogP) is 1.91. The Balaban J connectivity index is 1.53. The summed E-state index contributed by atoms with van der Waals surface area (Å²) in [7, 11) is 1.91. The summed E-state index contributed by atoms with van der Waals surface area (Å²) in [5.41, 5.74) is 0. The molecule has 0 aliphatic carbocycles. The molecule has 1 aliphatic heterocycles. The van der Waals surface area contributed by atoms with Gasteiger partial charge in [0.1, 0.15) is 12.4 Å². The van der Waals surface area contributed by atoms with Gasteiger partial charge in [-0.05, 0) is 38.4 Å². The van der Waals surface area contributed by atoms with E-state index in [2.05, 4.69) is 5.32 Å². The Labute approximate surface area is 156 Å². The van der Waals surface area contributed by atoms with Crippen molar-refractivity contribution in [2.75, 3.05) is 46.4 Å². The molecule has 0 bridgehead atoms. The molecule has 0 spiro atoms. The van der Waals surface area contributed by atoms with E-state index < -0.39 is 0 Å². The summed E-state index contributed by atoms with van der Waals surface area (Å²) in [4.78, 5) is 27.8. The van der Waals surface area contributed by atoms with Crippen molar-refractivity contribution in [1.29, 1.82) is 0 Å². The highest BCUT2D eigenvalue weighted by molar-refractivity contribution is 5.78. The van der Waals surface area contributed by atoms with Gasteiger partial charge in [0.05, 0.1) is 6.54 Å². The predicted molar refractivity (Wildman–Crippen MR) is 102 cm³/mol. The lowest BCUT2D eigenvalue weighted by atomic mass is 10.2. The molecule has 6 nitrogen and oxygen atoms in total. The molecule has 0 saturated carbocycles. The summed E-state index contributed by atoms with van der Waals surface area (Å²) in [6.07, 6.45) is 4.71. The average Bonchev–Trinajstić information content (AvgIpc) is 2.84. The molecular weight excluding hydrogens is 330 g/mol. The summed E-state index contributed by atoms with van der Waals surface area (Å²) in [6, 6.07) is 9.66. The van der Waals surface area contributed by atoms with Gasteiger partial charge in [-0.3, -0.25) is 14.5 Å². The second-order valence-corrected chi connectivity index (χ2v) is 6.79. The molecule has 1 aliphatic rings. The fourth-order valence-corrected chi connectivity index (χ4v) is 2.99. The van der Waals surface area contributed by atoms with E-state index in [-0.39, 0.29) is 11.8 Å². The molecule has 0 aromatic heterocycles. The maximum atomic E-state index is 12.0. The van der Waals surface area contributed by atoms with Gasteiger partial charge in [-0.2, -0.15) is 0 Å². The normalized spacial score (nSPS) is 15.0. The number of ether oxygens (including phenoxy) is 1. The molecule has 1 heterocycles. The van der Waals surface area contributed by atoms with Gasteiger partial charge in [0, 0.05) is 32.6 Å². The van der Waals surface area contributed by atoms with Crippen LogP contribution < -0.4 is 10.1 Å².